The second kappa shape index (κ2) is 11.7. The van der Waals surface area contributed by atoms with E-state index in [-0.39, 0.29) is 52.8 Å². The monoisotopic (exact) mass is 911 g/mol. The maximum Gasteiger partial charge on any atom is 0.0998 e. The van der Waals surface area contributed by atoms with Crippen LogP contribution < -0.4 is 0 Å². The van der Waals surface area contributed by atoms with Crippen molar-refractivity contribution >= 4 is 38.1 Å². The van der Waals surface area contributed by atoms with Gasteiger partial charge in [-0.1, -0.05) is 146 Å². The highest BCUT2D eigenvalue weighted by atomic mass is 14.9. The molecule has 1 fully saturated rings. The first-order chi connectivity index (χ1) is 35.7. The number of aromatic nitrogens is 1. The SMILES string of the molecule is N#Cc1c2c(c3c4cc5c(c6c7c8c(c(C#N)c9c7n(c3c1C1CCC9CC1)c46)C1c3ccccc3C8c3ccccc31)C1c3ccccc3C5c3ccccc31)C13c4ccccc4C1c1ccccc1C23. The zero-order chi connectivity index (χ0) is 46.4. The van der Waals surface area contributed by atoms with Crippen molar-refractivity contribution < 1.29 is 0 Å². The summed E-state index contributed by atoms with van der Waals surface area (Å²) in [6, 6.07) is 64.5. The standard InChI is InChI=1S/C69H41N3/c70-30-47-50-32-25-27-33(28-26-32)51-48(31-71)58-64-43-22-10-9-21-42(43)63-44-23-11-12-24-49(44)69(63,64)65(58)59-46-29-45-52-34-13-1-3-15-36(34)53(37-16-4-2-14-35(37)52)56(45)61-62(68(50)72(66(46)61)67(51)59)60-55-40-19-7-5-17-38(40)54(57(47)60)39-18-6-8-20-41(39)55/h1-24,29,32-33,52-55,63-64H,25-28H2. The van der Waals surface area contributed by atoms with Crippen molar-refractivity contribution in [2.75, 3.05) is 0 Å². The third kappa shape index (κ3) is 3.49. The fraction of sp³-hybridized carbons (Fsp3) is 0.188. The van der Waals surface area contributed by atoms with Gasteiger partial charge < -0.3 is 4.40 Å². The van der Waals surface area contributed by atoms with E-state index in [2.05, 4.69) is 168 Å². The van der Waals surface area contributed by atoms with E-state index in [9.17, 15) is 10.5 Å². The van der Waals surface area contributed by atoms with Gasteiger partial charge in [0.25, 0.3) is 0 Å². The van der Waals surface area contributed by atoms with Crippen LogP contribution in [0.1, 0.15) is 195 Å². The number of hydrogen-bond acceptors (Lipinski definition) is 2. The fourth-order valence-corrected chi connectivity index (χ4v) is 19.1. The molecule has 3 heteroatoms. The van der Waals surface area contributed by atoms with Gasteiger partial charge >= 0.3 is 0 Å². The van der Waals surface area contributed by atoms with Crippen LogP contribution in [-0.2, 0) is 5.41 Å². The summed E-state index contributed by atoms with van der Waals surface area (Å²) in [5.41, 5.74) is 33.2. The molecule has 1 saturated carbocycles. The van der Waals surface area contributed by atoms with Gasteiger partial charge in [0, 0.05) is 62.5 Å². The van der Waals surface area contributed by atoms with Crippen molar-refractivity contribution in [1.29, 1.82) is 10.5 Å². The molecule has 332 valence electrons. The summed E-state index contributed by atoms with van der Waals surface area (Å²) in [7, 11) is 0. The summed E-state index contributed by atoms with van der Waals surface area (Å²) >= 11 is 0. The van der Waals surface area contributed by atoms with E-state index in [1.165, 1.54) is 149 Å². The Morgan fingerprint density at radius 3 is 1.33 bits per heavy atom. The van der Waals surface area contributed by atoms with E-state index < -0.39 is 0 Å². The molecule has 72 heavy (non-hydrogen) atoms. The van der Waals surface area contributed by atoms with E-state index in [0.717, 1.165) is 36.8 Å². The zero-order valence-corrected chi connectivity index (χ0v) is 39.2. The number of hydrogen-bond donors (Lipinski definition) is 0. The molecule has 0 N–H and O–H groups in total. The summed E-state index contributed by atoms with van der Waals surface area (Å²) in [6.07, 6.45) is 4.04. The number of benzene rings is 9. The highest BCUT2D eigenvalue weighted by Crippen LogP contribution is 2.80. The second-order valence-electron chi connectivity index (χ2n) is 23.1. The third-order valence-electron chi connectivity index (χ3n) is 21.1. The van der Waals surface area contributed by atoms with E-state index >= 15 is 0 Å². The van der Waals surface area contributed by atoms with Gasteiger partial charge in [0.15, 0.2) is 0 Å². The molecule has 23 rings (SSSR count). The van der Waals surface area contributed by atoms with Gasteiger partial charge in [-0.3, -0.25) is 0 Å². The molecule has 11 aromatic rings. The van der Waals surface area contributed by atoms with Crippen molar-refractivity contribution in [3.63, 3.8) is 0 Å². The molecule has 2 aromatic heterocycles. The van der Waals surface area contributed by atoms with Gasteiger partial charge in [0.05, 0.1) is 39.8 Å². The Balaban J connectivity index is 1.08. The number of fused-ring (bicyclic) bond motifs is 12. The molecular formula is C69H41N3. The van der Waals surface area contributed by atoms with Crippen LogP contribution in [0.5, 0.6) is 0 Å². The molecule has 6 bridgehead atoms. The second-order valence-corrected chi connectivity index (χ2v) is 23.1. The number of nitriles is 2. The summed E-state index contributed by atoms with van der Waals surface area (Å²) in [5.74, 6) is 0.932. The van der Waals surface area contributed by atoms with Crippen LogP contribution in [0.3, 0.4) is 0 Å². The van der Waals surface area contributed by atoms with Gasteiger partial charge in [0.1, 0.15) is 0 Å². The molecule has 4 heterocycles. The van der Waals surface area contributed by atoms with Gasteiger partial charge in [-0.25, -0.2) is 0 Å². The van der Waals surface area contributed by atoms with Crippen LogP contribution in [-0.4, -0.2) is 4.40 Å². The summed E-state index contributed by atoms with van der Waals surface area (Å²) < 4.78 is 2.77. The Morgan fingerprint density at radius 1 is 0.375 bits per heavy atom. The van der Waals surface area contributed by atoms with Crippen molar-refractivity contribution in [3.8, 4) is 12.1 Å². The lowest BCUT2D eigenvalue weighted by Crippen LogP contribution is -2.53. The maximum atomic E-state index is 12.2. The van der Waals surface area contributed by atoms with Crippen LogP contribution in [0, 0.1) is 22.7 Å². The Morgan fingerprint density at radius 2 is 0.792 bits per heavy atom. The molecule has 9 aromatic carbocycles. The van der Waals surface area contributed by atoms with E-state index in [4.69, 9.17) is 0 Å². The number of rotatable bonds is 0. The van der Waals surface area contributed by atoms with Gasteiger partial charge in [-0.05, 0) is 155 Å². The van der Waals surface area contributed by atoms with Crippen LogP contribution in [0.15, 0.2) is 152 Å². The molecule has 10 aliphatic carbocycles. The molecule has 0 radical (unpaired) electrons. The minimum atomic E-state index is -0.255. The predicted molar refractivity (Wildman–Crippen MR) is 281 cm³/mol. The molecule has 3 nitrogen and oxygen atoms in total. The minimum absolute atomic E-state index is 0.0186. The molecule has 2 aliphatic heterocycles. The molecule has 0 saturated heterocycles. The predicted octanol–water partition coefficient (Wildman–Crippen LogP) is 15.2. The van der Waals surface area contributed by atoms with Crippen LogP contribution in [0.4, 0.5) is 0 Å². The molecule has 1 spiro atoms. The van der Waals surface area contributed by atoms with Crippen molar-refractivity contribution in [1.82, 2.24) is 4.40 Å². The Hall–Kier alpha value is -8.24. The summed E-state index contributed by atoms with van der Waals surface area (Å²) in [6.45, 7) is 0. The van der Waals surface area contributed by atoms with Crippen LogP contribution >= 0.6 is 0 Å². The van der Waals surface area contributed by atoms with E-state index in [1.54, 1.807) is 0 Å². The highest BCUT2D eigenvalue weighted by Gasteiger charge is 2.71. The molecule has 12 aliphatic rings. The quantitative estimate of drug-likeness (QED) is 0.152. The van der Waals surface area contributed by atoms with Crippen LogP contribution in [0.25, 0.3) is 38.1 Å². The van der Waals surface area contributed by atoms with E-state index in [1.807, 2.05) is 0 Å². The smallest absolute Gasteiger partial charge is 0.0998 e. The topological polar surface area (TPSA) is 52.0 Å². The van der Waals surface area contributed by atoms with Gasteiger partial charge in [-0.15, -0.1) is 0 Å². The largest absolute Gasteiger partial charge is 0.307 e. The highest BCUT2D eigenvalue weighted by molar-refractivity contribution is 6.29. The average molecular weight is 912 g/mol. The maximum absolute atomic E-state index is 12.2. The lowest BCUT2D eigenvalue weighted by Gasteiger charge is -2.59. The van der Waals surface area contributed by atoms with Crippen molar-refractivity contribution in [3.05, 3.63) is 274 Å². The van der Waals surface area contributed by atoms with Gasteiger partial charge in [-0.2, -0.15) is 10.5 Å². The first-order valence-electron chi connectivity index (χ1n) is 26.6. The third-order valence-corrected chi connectivity index (χ3v) is 21.1. The number of nitrogens with zero attached hydrogens (tertiary/aromatic N) is 3. The Kier molecular flexibility index (Phi) is 5.98. The molecule has 3 atom stereocenters. The normalized spacial score (nSPS) is 26.4. The zero-order valence-electron chi connectivity index (χ0n) is 39.2. The molecular weight excluding hydrogens is 871 g/mol. The Labute approximate surface area is 415 Å². The molecule has 3 unspecified atom stereocenters. The summed E-state index contributed by atoms with van der Waals surface area (Å²) in [4.78, 5) is 0. The minimum Gasteiger partial charge on any atom is -0.307 e. The first-order valence-corrected chi connectivity index (χ1v) is 26.6. The lowest BCUT2D eigenvalue weighted by atomic mass is 9.41. The fourth-order valence-electron chi connectivity index (χ4n) is 19.1. The van der Waals surface area contributed by atoms with Crippen LogP contribution in [0.2, 0.25) is 0 Å². The van der Waals surface area contributed by atoms with E-state index in [0.29, 0.717) is 0 Å². The Bertz CT molecular complexity index is 4520. The average Bonchev–Trinajstić information content (AvgIpc) is 4.05. The van der Waals surface area contributed by atoms with Crippen molar-refractivity contribution in [2.45, 2.75) is 78.4 Å². The summed E-state index contributed by atoms with van der Waals surface area (Å²) in [5, 5.41) is 29.8. The lowest BCUT2D eigenvalue weighted by molar-refractivity contribution is 0.335. The first kappa shape index (κ1) is 36.7. The van der Waals surface area contributed by atoms with Gasteiger partial charge in [0.2, 0.25) is 0 Å². The van der Waals surface area contributed by atoms with Crippen molar-refractivity contribution in [2.24, 2.45) is 0 Å². The molecule has 0 amide bonds.